The fourth-order valence-electron chi connectivity index (χ4n) is 2.04. The summed E-state index contributed by atoms with van der Waals surface area (Å²) < 4.78 is 31.3. The van der Waals surface area contributed by atoms with Crippen molar-refractivity contribution in [3.8, 4) is 5.75 Å². The smallest absolute Gasteiger partial charge is 0.243 e. The van der Waals surface area contributed by atoms with Gasteiger partial charge < -0.3 is 4.74 Å². The van der Waals surface area contributed by atoms with Crippen LogP contribution in [0.3, 0.4) is 0 Å². The second-order valence-electron chi connectivity index (χ2n) is 4.35. The molecule has 0 spiro atoms. The minimum atomic E-state index is -3.35. The summed E-state index contributed by atoms with van der Waals surface area (Å²) in [5.74, 6) is 1.08. The van der Waals surface area contributed by atoms with E-state index in [4.69, 9.17) is 4.74 Å². The molecule has 1 fully saturated rings. The van der Waals surface area contributed by atoms with Crippen molar-refractivity contribution in [1.82, 2.24) is 4.31 Å². The van der Waals surface area contributed by atoms with E-state index < -0.39 is 10.0 Å². The molecule has 1 aliphatic heterocycles. The maximum atomic E-state index is 12.4. The van der Waals surface area contributed by atoms with Crippen molar-refractivity contribution in [3.05, 3.63) is 24.3 Å². The lowest BCUT2D eigenvalue weighted by Gasteiger charge is -2.16. The van der Waals surface area contributed by atoms with Crippen molar-refractivity contribution in [3.63, 3.8) is 0 Å². The Labute approximate surface area is 116 Å². The van der Waals surface area contributed by atoms with Crippen molar-refractivity contribution in [2.75, 3.05) is 25.5 Å². The Balaban J connectivity index is 2.20. The van der Waals surface area contributed by atoms with Crippen LogP contribution in [-0.4, -0.2) is 38.3 Å². The molecule has 1 unspecified atom stereocenters. The number of rotatable bonds is 4. The fraction of sp³-hybridized carbons (Fsp3) is 0.500. The number of nitrogens with zero attached hydrogens (tertiary/aromatic N) is 1. The van der Waals surface area contributed by atoms with Gasteiger partial charge in [-0.25, -0.2) is 8.42 Å². The molecule has 0 bridgehead atoms. The van der Waals surface area contributed by atoms with Gasteiger partial charge in [-0.3, -0.25) is 0 Å². The van der Waals surface area contributed by atoms with Crippen molar-refractivity contribution in [1.29, 1.82) is 0 Å². The molecular formula is C12H16BrNO3S. The van der Waals surface area contributed by atoms with Gasteiger partial charge in [0.05, 0.1) is 12.0 Å². The second-order valence-corrected chi connectivity index (χ2v) is 6.93. The molecule has 6 heteroatoms. The molecule has 1 aromatic rings. The van der Waals surface area contributed by atoms with Crippen LogP contribution in [0.5, 0.6) is 5.75 Å². The molecule has 0 saturated carbocycles. The van der Waals surface area contributed by atoms with Gasteiger partial charge in [-0.1, -0.05) is 15.9 Å². The summed E-state index contributed by atoms with van der Waals surface area (Å²) in [4.78, 5) is 0.332. The van der Waals surface area contributed by atoms with Gasteiger partial charge in [0.2, 0.25) is 10.0 Å². The first-order valence-electron chi connectivity index (χ1n) is 5.78. The van der Waals surface area contributed by atoms with Crippen LogP contribution < -0.4 is 4.74 Å². The highest BCUT2D eigenvalue weighted by molar-refractivity contribution is 9.09. The molecule has 18 heavy (non-hydrogen) atoms. The van der Waals surface area contributed by atoms with Gasteiger partial charge >= 0.3 is 0 Å². The number of halogens is 1. The number of alkyl halides is 1. The Hall–Kier alpha value is -0.590. The minimum absolute atomic E-state index is 0.332. The van der Waals surface area contributed by atoms with Crippen LogP contribution in [0, 0.1) is 5.92 Å². The summed E-state index contributed by atoms with van der Waals surface area (Å²) >= 11 is 3.41. The molecule has 0 aromatic heterocycles. The zero-order chi connectivity index (χ0) is 13.2. The van der Waals surface area contributed by atoms with E-state index in [-0.39, 0.29) is 0 Å². The van der Waals surface area contributed by atoms with Crippen molar-refractivity contribution < 1.29 is 13.2 Å². The SMILES string of the molecule is COc1ccc(S(=O)(=O)N2CCC(CBr)C2)cc1. The van der Waals surface area contributed by atoms with Crippen LogP contribution in [0.15, 0.2) is 29.2 Å². The van der Waals surface area contributed by atoms with Crippen LogP contribution in [0.2, 0.25) is 0 Å². The largest absolute Gasteiger partial charge is 0.497 e. The molecule has 0 radical (unpaired) electrons. The average molecular weight is 334 g/mol. The zero-order valence-electron chi connectivity index (χ0n) is 10.2. The van der Waals surface area contributed by atoms with Gasteiger partial charge in [0.15, 0.2) is 0 Å². The lowest BCUT2D eigenvalue weighted by atomic mass is 10.2. The van der Waals surface area contributed by atoms with Crippen LogP contribution in [0.4, 0.5) is 0 Å². The lowest BCUT2D eigenvalue weighted by Crippen LogP contribution is -2.29. The third-order valence-electron chi connectivity index (χ3n) is 3.16. The monoisotopic (exact) mass is 333 g/mol. The molecule has 100 valence electrons. The highest BCUT2D eigenvalue weighted by Crippen LogP contribution is 2.26. The average Bonchev–Trinajstić information content (AvgIpc) is 2.88. The molecular weight excluding hydrogens is 318 g/mol. The molecule has 1 saturated heterocycles. The van der Waals surface area contributed by atoms with E-state index in [0.717, 1.165) is 11.8 Å². The Bertz CT molecular complexity index is 501. The minimum Gasteiger partial charge on any atom is -0.497 e. The first-order chi connectivity index (χ1) is 8.57. The van der Waals surface area contributed by atoms with Gasteiger partial charge in [0.25, 0.3) is 0 Å². The van der Waals surface area contributed by atoms with Crippen LogP contribution in [0.1, 0.15) is 6.42 Å². The Morgan fingerprint density at radius 1 is 1.39 bits per heavy atom. The second kappa shape index (κ2) is 5.59. The molecule has 4 nitrogen and oxygen atoms in total. The lowest BCUT2D eigenvalue weighted by molar-refractivity contribution is 0.414. The van der Waals surface area contributed by atoms with Crippen LogP contribution in [0.25, 0.3) is 0 Å². The van der Waals surface area contributed by atoms with Gasteiger partial charge in [0, 0.05) is 18.4 Å². The summed E-state index contributed by atoms with van der Waals surface area (Å²) in [6.07, 6.45) is 0.917. The molecule has 1 aromatic carbocycles. The maximum absolute atomic E-state index is 12.4. The molecule has 0 N–H and O–H groups in total. The first-order valence-corrected chi connectivity index (χ1v) is 8.34. The Kier molecular flexibility index (Phi) is 4.29. The fourth-order valence-corrected chi connectivity index (χ4v) is 4.10. The summed E-state index contributed by atoms with van der Waals surface area (Å²) in [5.41, 5.74) is 0. The number of ether oxygens (including phenoxy) is 1. The first kappa shape index (κ1) is 13.8. The van der Waals surface area contributed by atoms with Crippen LogP contribution >= 0.6 is 15.9 Å². The van der Waals surface area contributed by atoms with Gasteiger partial charge in [-0.15, -0.1) is 0 Å². The third-order valence-corrected chi connectivity index (χ3v) is 5.96. The number of methoxy groups -OCH3 is 1. The highest BCUT2D eigenvalue weighted by Gasteiger charge is 2.31. The van der Waals surface area contributed by atoms with E-state index in [9.17, 15) is 8.42 Å². The summed E-state index contributed by atoms with van der Waals surface area (Å²) in [5, 5.41) is 0.849. The van der Waals surface area contributed by atoms with Crippen LogP contribution in [-0.2, 0) is 10.0 Å². The quantitative estimate of drug-likeness (QED) is 0.793. The zero-order valence-corrected chi connectivity index (χ0v) is 12.6. The molecule has 1 aliphatic rings. The molecule has 0 aliphatic carbocycles. The van der Waals surface area contributed by atoms with Crippen molar-refractivity contribution >= 4 is 26.0 Å². The number of hydrogen-bond acceptors (Lipinski definition) is 3. The molecule has 1 heterocycles. The van der Waals surface area contributed by atoms with Crippen molar-refractivity contribution in [2.24, 2.45) is 5.92 Å². The summed E-state index contributed by atoms with van der Waals surface area (Å²) in [6, 6.07) is 6.53. The van der Waals surface area contributed by atoms with Gasteiger partial charge in [-0.2, -0.15) is 4.31 Å². The van der Waals surface area contributed by atoms with E-state index in [1.54, 1.807) is 35.7 Å². The van der Waals surface area contributed by atoms with E-state index in [1.165, 1.54) is 0 Å². The highest BCUT2D eigenvalue weighted by atomic mass is 79.9. The summed E-state index contributed by atoms with van der Waals surface area (Å²) in [6.45, 7) is 1.20. The molecule has 0 amide bonds. The third kappa shape index (κ3) is 2.70. The number of sulfonamides is 1. The maximum Gasteiger partial charge on any atom is 0.243 e. The van der Waals surface area contributed by atoms with E-state index >= 15 is 0 Å². The van der Waals surface area contributed by atoms with E-state index in [1.807, 2.05) is 0 Å². The Morgan fingerprint density at radius 3 is 2.56 bits per heavy atom. The predicted octanol–water partition coefficient (Wildman–Crippen LogP) is 2.10. The molecule has 1 atom stereocenters. The van der Waals surface area contributed by atoms with E-state index in [2.05, 4.69) is 15.9 Å². The van der Waals surface area contributed by atoms with E-state index in [0.29, 0.717) is 29.7 Å². The Morgan fingerprint density at radius 2 is 2.06 bits per heavy atom. The number of benzene rings is 1. The summed E-state index contributed by atoms with van der Waals surface area (Å²) in [7, 11) is -1.79. The standard InChI is InChI=1S/C12H16BrNO3S/c1-17-11-2-4-12(5-3-11)18(15,16)14-7-6-10(8-13)9-14/h2-5,10H,6-9H2,1H3. The predicted molar refractivity (Wildman–Crippen MR) is 73.7 cm³/mol. The normalized spacial score (nSPS) is 21.1. The number of hydrogen-bond donors (Lipinski definition) is 0. The van der Waals surface area contributed by atoms with Gasteiger partial charge in [0.1, 0.15) is 5.75 Å². The van der Waals surface area contributed by atoms with Crippen molar-refractivity contribution in [2.45, 2.75) is 11.3 Å². The van der Waals surface area contributed by atoms with Gasteiger partial charge in [-0.05, 0) is 36.6 Å². The molecule has 2 rings (SSSR count). The topological polar surface area (TPSA) is 46.6 Å².